The number of hydrogen-bond donors (Lipinski definition) is 3. The van der Waals surface area contributed by atoms with Crippen LogP contribution in [0, 0.1) is 0 Å². The van der Waals surface area contributed by atoms with Crippen molar-refractivity contribution < 1.29 is 5.11 Å². The monoisotopic (exact) mass is 105 g/mol. The highest BCUT2D eigenvalue weighted by molar-refractivity contribution is 7.83. The third kappa shape index (κ3) is 2.11. The molecule has 6 heavy (non-hydrogen) atoms. The van der Waals surface area contributed by atoms with Gasteiger partial charge in [-0.15, -0.1) is 12.6 Å². The molecule has 0 saturated heterocycles. The molecule has 0 fully saturated rings. The van der Waals surface area contributed by atoms with Gasteiger partial charge in [0.15, 0.2) is 0 Å². The van der Waals surface area contributed by atoms with Crippen molar-refractivity contribution >= 4 is 12.6 Å². The highest BCUT2D eigenvalue weighted by atomic mass is 32.1. The molecular weight excluding hydrogens is 98.1 g/mol. The average molecular weight is 105 g/mol. The number of thiol groups is 1. The summed E-state index contributed by atoms with van der Waals surface area (Å²) >= 11 is 3.65. The first-order valence-electron chi connectivity index (χ1n) is 1.51. The van der Waals surface area contributed by atoms with E-state index in [9.17, 15) is 0 Å². The van der Waals surface area contributed by atoms with E-state index in [4.69, 9.17) is 10.8 Å². The second kappa shape index (κ2) is 3.06. The van der Waals surface area contributed by atoms with Crippen LogP contribution < -0.4 is 5.73 Å². The van der Waals surface area contributed by atoms with Gasteiger partial charge in [-0.1, -0.05) is 0 Å². The largest absolute Gasteiger partial charge is 0.400 e. The minimum atomic E-state index is -0.108. The number of aliphatic hydroxyl groups is 1. The van der Waals surface area contributed by atoms with Gasteiger partial charge < -0.3 is 10.8 Å². The molecule has 36 valence electrons. The molecule has 0 aromatic carbocycles. The number of rotatable bonds is 1. The summed E-state index contributed by atoms with van der Waals surface area (Å²) in [4.78, 5) is 0. The minimum absolute atomic E-state index is 0.108. The van der Waals surface area contributed by atoms with Crippen molar-refractivity contribution in [3.05, 3.63) is 11.1 Å². The van der Waals surface area contributed by atoms with Crippen molar-refractivity contribution in [2.45, 2.75) is 0 Å². The Bertz CT molecular complexity index is 61.8. The molecule has 0 aromatic rings. The van der Waals surface area contributed by atoms with Crippen molar-refractivity contribution in [3.8, 4) is 0 Å². The molecule has 0 heterocycles. The van der Waals surface area contributed by atoms with Crippen molar-refractivity contribution in [1.29, 1.82) is 0 Å². The van der Waals surface area contributed by atoms with Gasteiger partial charge in [0.1, 0.15) is 0 Å². The summed E-state index contributed by atoms with van der Waals surface area (Å²) in [6.45, 7) is -0.108. The fourth-order valence-corrected chi connectivity index (χ4v) is 0.122. The molecular formula is C3H7NOS. The Morgan fingerprint density at radius 2 is 2.50 bits per heavy atom. The Kier molecular flexibility index (Phi) is 2.98. The molecule has 0 unspecified atom stereocenters. The maximum atomic E-state index is 8.09. The van der Waals surface area contributed by atoms with E-state index in [1.54, 1.807) is 0 Å². The van der Waals surface area contributed by atoms with Crippen LogP contribution in [0.2, 0.25) is 0 Å². The first kappa shape index (κ1) is 5.85. The minimum Gasteiger partial charge on any atom is -0.400 e. The first-order valence-corrected chi connectivity index (χ1v) is 2.02. The van der Waals surface area contributed by atoms with Gasteiger partial charge in [-0.3, -0.25) is 0 Å². The van der Waals surface area contributed by atoms with Crippen LogP contribution in [-0.4, -0.2) is 11.7 Å². The Hall–Kier alpha value is -0.150. The van der Waals surface area contributed by atoms with Crippen LogP contribution in [0.5, 0.6) is 0 Å². The molecule has 0 aromatic heterocycles. The van der Waals surface area contributed by atoms with Crippen LogP contribution in [0.1, 0.15) is 0 Å². The Morgan fingerprint density at radius 3 is 2.50 bits per heavy atom. The van der Waals surface area contributed by atoms with E-state index in [1.807, 2.05) is 0 Å². The fourth-order valence-electron chi connectivity index (χ4n) is 0.0408. The zero-order chi connectivity index (χ0) is 4.99. The molecule has 0 bridgehead atoms. The smallest absolute Gasteiger partial charge is 0.0830 e. The summed E-state index contributed by atoms with van der Waals surface area (Å²) in [5.74, 6) is 0. The van der Waals surface area contributed by atoms with Crippen LogP contribution in [0.3, 0.4) is 0 Å². The van der Waals surface area contributed by atoms with E-state index >= 15 is 0 Å². The van der Waals surface area contributed by atoms with E-state index < -0.39 is 0 Å². The second-order valence-electron chi connectivity index (χ2n) is 0.862. The molecule has 0 spiro atoms. The molecule has 2 nitrogen and oxygen atoms in total. The van der Waals surface area contributed by atoms with Crippen LogP contribution in [0.4, 0.5) is 0 Å². The molecule has 0 saturated carbocycles. The number of hydrogen-bond acceptors (Lipinski definition) is 3. The first-order chi connectivity index (χ1) is 2.81. The third-order valence-corrected chi connectivity index (χ3v) is 0.680. The van der Waals surface area contributed by atoms with Gasteiger partial charge in [0.2, 0.25) is 0 Å². The van der Waals surface area contributed by atoms with E-state index in [0.29, 0.717) is 5.70 Å². The maximum absolute atomic E-state index is 8.09. The van der Waals surface area contributed by atoms with Crippen molar-refractivity contribution in [1.82, 2.24) is 0 Å². The lowest BCUT2D eigenvalue weighted by molar-refractivity contribution is 0.330. The van der Waals surface area contributed by atoms with Crippen molar-refractivity contribution in [3.63, 3.8) is 0 Å². The zero-order valence-corrected chi connectivity index (χ0v) is 4.15. The van der Waals surface area contributed by atoms with Gasteiger partial charge in [0.05, 0.1) is 6.61 Å². The van der Waals surface area contributed by atoms with Crippen molar-refractivity contribution in [2.75, 3.05) is 6.61 Å². The Labute approximate surface area is 42.1 Å². The molecule has 0 amide bonds. The lowest BCUT2D eigenvalue weighted by Crippen LogP contribution is -1.99. The Balaban J connectivity index is 3.22. The Morgan fingerprint density at radius 1 is 2.00 bits per heavy atom. The predicted molar refractivity (Wildman–Crippen MR) is 28.3 cm³/mol. The molecule has 0 aliphatic heterocycles. The van der Waals surface area contributed by atoms with Crippen LogP contribution in [-0.2, 0) is 0 Å². The van der Waals surface area contributed by atoms with Crippen LogP contribution in [0.15, 0.2) is 11.1 Å². The van der Waals surface area contributed by atoms with E-state index in [1.165, 1.54) is 5.41 Å². The summed E-state index contributed by atoms with van der Waals surface area (Å²) in [5, 5.41) is 9.45. The molecule has 0 rings (SSSR count). The van der Waals surface area contributed by atoms with Gasteiger partial charge in [-0.05, 0) is 5.41 Å². The van der Waals surface area contributed by atoms with E-state index in [2.05, 4.69) is 12.6 Å². The number of aliphatic hydroxyl groups excluding tert-OH is 1. The molecule has 3 N–H and O–H groups in total. The summed E-state index contributed by atoms with van der Waals surface area (Å²) in [6, 6.07) is 0. The SMILES string of the molecule is N/C(=C\S)CO. The summed E-state index contributed by atoms with van der Waals surface area (Å²) in [5.41, 5.74) is 5.39. The maximum Gasteiger partial charge on any atom is 0.0830 e. The van der Waals surface area contributed by atoms with Gasteiger partial charge in [-0.2, -0.15) is 0 Å². The van der Waals surface area contributed by atoms with E-state index in [0.717, 1.165) is 0 Å². The summed E-state index contributed by atoms with van der Waals surface area (Å²) in [7, 11) is 0. The lowest BCUT2D eigenvalue weighted by atomic mass is 10.6. The molecule has 0 aliphatic rings. The van der Waals surface area contributed by atoms with Gasteiger partial charge in [0.25, 0.3) is 0 Å². The number of nitrogens with two attached hydrogens (primary N) is 1. The zero-order valence-electron chi connectivity index (χ0n) is 3.26. The molecule has 3 heteroatoms. The normalized spacial score (nSPS) is 12.0. The van der Waals surface area contributed by atoms with Crippen molar-refractivity contribution in [2.24, 2.45) is 5.73 Å². The highest BCUT2D eigenvalue weighted by Gasteiger charge is 1.75. The second-order valence-corrected chi connectivity index (χ2v) is 1.12. The van der Waals surface area contributed by atoms with Gasteiger partial charge in [-0.25, -0.2) is 0 Å². The molecule has 0 atom stereocenters. The topological polar surface area (TPSA) is 46.2 Å². The van der Waals surface area contributed by atoms with E-state index in [-0.39, 0.29) is 6.61 Å². The lowest BCUT2D eigenvalue weighted by Gasteiger charge is -1.85. The van der Waals surface area contributed by atoms with Gasteiger partial charge >= 0.3 is 0 Å². The summed E-state index contributed by atoms with van der Waals surface area (Å²) < 4.78 is 0. The highest BCUT2D eigenvalue weighted by Crippen LogP contribution is 1.81. The third-order valence-electron chi connectivity index (χ3n) is 0.348. The quantitative estimate of drug-likeness (QED) is 0.401. The van der Waals surface area contributed by atoms with Crippen LogP contribution >= 0.6 is 12.6 Å². The predicted octanol–water partition coefficient (Wildman–Crippen LogP) is -0.291. The van der Waals surface area contributed by atoms with Gasteiger partial charge in [0, 0.05) is 5.70 Å². The average Bonchev–Trinajstić information content (AvgIpc) is 1.65. The van der Waals surface area contributed by atoms with Crippen LogP contribution in [0.25, 0.3) is 0 Å². The molecule has 0 radical (unpaired) electrons. The molecule has 0 aliphatic carbocycles. The standard InChI is InChI=1S/C3H7NOS/c4-3(1-5)2-6/h2,5-6H,1,4H2/b3-2-. The summed E-state index contributed by atoms with van der Waals surface area (Å²) in [6.07, 6.45) is 0. The fraction of sp³-hybridized carbons (Fsp3) is 0.333.